The fourth-order valence-electron chi connectivity index (χ4n) is 4.35. The molecule has 0 radical (unpaired) electrons. The third kappa shape index (κ3) is 3.76. The fraction of sp³-hybridized carbons (Fsp3) is 0.304. The van der Waals surface area contributed by atoms with E-state index in [1.807, 2.05) is 37.1 Å². The highest BCUT2D eigenvalue weighted by Gasteiger charge is 2.44. The van der Waals surface area contributed by atoms with Gasteiger partial charge < -0.3 is 4.90 Å². The number of amides is 1. The second-order valence-electron chi connectivity index (χ2n) is 8.28. The summed E-state index contributed by atoms with van der Waals surface area (Å²) in [5, 5.41) is 6.59. The molecule has 2 aliphatic rings. The van der Waals surface area contributed by atoms with E-state index in [4.69, 9.17) is 0 Å². The number of nitrogens with zero attached hydrogens (tertiary/aromatic N) is 5. The number of fused-ring (bicyclic) bond motifs is 2. The van der Waals surface area contributed by atoms with Gasteiger partial charge in [-0.15, -0.1) is 0 Å². The summed E-state index contributed by atoms with van der Waals surface area (Å²) < 4.78 is 39.6. The molecule has 3 heterocycles. The summed E-state index contributed by atoms with van der Waals surface area (Å²) in [4.78, 5) is 23.7. The lowest BCUT2D eigenvalue weighted by Crippen LogP contribution is -2.56. The number of carbonyl (C=O) groups excluding carboxylic acids is 1. The zero-order valence-corrected chi connectivity index (χ0v) is 19.4. The van der Waals surface area contributed by atoms with Gasteiger partial charge in [0.05, 0.1) is 17.6 Å². The van der Waals surface area contributed by atoms with Crippen LogP contribution in [0.4, 0.5) is 18.9 Å². The Balaban J connectivity index is 1.43. The van der Waals surface area contributed by atoms with Crippen molar-refractivity contribution in [2.24, 2.45) is 11.0 Å². The first-order valence-electron chi connectivity index (χ1n) is 10.4. The summed E-state index contributed by atoms with van der Waals surface area (Å²) in [7, 11) is 0. The Morgan fingerprint density at radius 3 is 2.64 bits per heavy atom. The fourth-order valence-corrected chi connectivity index (χ4v) is 4.81. The molecule has 2 unspecified atom stereocenters. The zero-order chi connectivity index (χ0) is 23.5. The van der Waals surface area contributed by atoms with Gasteiger partial charge in [-0.3, -0.25) is 9.80 Å². The van der Waals surface area contributed by atoms with E-state index in [9.17, 15) is 18.0 Å². The highest BCUT2D eigenvalue weighted by Crippen LogP contribution is 2.34. The normalized spacial score (nSPS) is 20.9. The molecule has 2 aliphatic heterocycles. The molecule has 1 amide bonds. The molecule has 0 saturated carbocycles. The summed E-state index contributed by atoms with van der Waals surface area (Å²) in [6.45, 7) is 5.06. The number of anilines is 1. The second kappa shape index (κ2) is 7.79. The number of aryl methyl sites for hydroxylation is 1. The van der Waals surface area contributed by atoms with Crippen LogP contribution in [0, 0.1) is 12.8 Å². The number of halogens is 4. The molecule has 3 aromatic rings. The van der Waals surface area contributed by atoms with Crippen molar-refractivity contribution in [3.8, 4) is 11.4 Å². The predicted molar refractivity (Wildman–Crippen MR) is 123 cm³/mol. The van der Waals surface area contributed by atoms with E-state index in [0.29, 0.717) is 29.8 Å². The van der Waals surface area contributed by atoms with Gasteiger partial charge in [-0.05, 0) is 64.8 Å². The SMILES string of the molecule is Cc1cc(-c2ncc3cc(C(F)(F)F)ccc3n2)ccc1N1CCN2N=C(Br)C(C)C2C1=O. The average Bonchev–Trinajstić information content (AvgIpc) is 3.07. The van der Waals surface area contributed by atoms with E-state index in [1.54, 1.807) is 4.90 Å². The van der Waals surface area contributed by atoms with Gasteiger partial charge in [0.25, 0.3) is 5.91 Å². The minimum absolute atomic E-state index is 0.00484. The number of alkyl halides is 3. The maximum Gasteiger partial charge on any atom is 0.416 e. The van der Waals surface area contributed by atoms with E-state index < -0.39 is 11.7 Å². The molecule has 5 rings (SSSR count). The average molecular weight is 518 g/mol. The van der Waals surface area contributed by atoms with Crippen molar-refractivity contribution >= 4 is 43.0 Å². The Bertz CT molecular complexity index is 1310. The zero-order valence-electron chi connectivity index (χ0n) is 17.8. The number of hydrogen-bond donors (Lipinski definition) is 0. The van der Waals surface area contributed by atoms with Gasteiger partial charge in [-0.1, -0.05) is 6.92 Å². The van der Waals surface area contributed by atoms with Gasteiger partial charge in [0.2, 0.25) is 0 Å². The molecule has 1 saturated heterocycles. The Hall–Kier alpha value is -3.01. The molecule has 2 atom stereocenters. The third-order valence-electron chi connectivity index (χ3n) is 6.12. The molecule has 2 aromatic carbocycles. The van der Waals surface area contributed by atoms with Crippen LogP contribution in [0.25, 0.3) is 22.3 Å². The van der Waals surface area contributed by atoms with Crippen LogP contribution in [0.5, 0.6) is 0 Å². The van der Waals surface area contributed by atoms with Crippen molar-refractivity contribution in [3.05, 3.63) is 53.7 Å². The number of rotatable bonds is 2. The van der Waals surface area contributed by atoms with Gasteiger partial charge in [0, 0.05) is 35.3 Å². The van der Waals surface area contributed by atoms with E-state index in [2.05, 4.69) is 31.0 Å². The van der Waals surface area contributed by atoms with Gasteiger partial charge in [-0.2, -0.15) is 18.3 Å². The number of hydrazone groups is 1. The van der Waals surface area contributed by atoms with Crippen LogP contribution in [0.15, 0.2) is 47.7 Å². The number of aromatic nitrogens is 2. The van der Waals surface area contributed by atoms with E-state index in [0.717, 1.165) is 33.6 Å². The van der Waals surface area contributed by atoms with Crippen LogP contribution >= 0.6 is 15.9 Å². The van der Waals surface area contributed by atoms with Crippen molar-refractivity contribution in [1.82, 2.24) is 15.0 Å². The molecule has 0 N–H and O–H groups in total. The maximum absolute atomic E-state index is 13.2. The van der Waals surface area contributed by atoms with E-state index in [1.165, 1.54) is 12.3 Å². The summed E-state index contributed by atoms with van der Waals surface area (Å²) in [6.07, 6.45) is -3.01. The van der Waals surface area contributed by atoms with Crippen molar-refractivity contribution in [3.63, 3.8) is 0 Å². The first-order chi connectivity index (χ1) is 15.6. The summed E-state index contributed by atoms with van der Waals surface area (Å²) in [6, 6.07) is 8.69. The maximum atomic E-state index is 13.2. The largest absolute Gasteiger partial charge is 0.416 e. The quantitative estimate of drug-likeness (QED) is 0.479. The Kier molecular flexibility index (Phi) is 5.15. The monoisotopic (exact) mass is 517 g/mol. The number of piperazine rings is 1. The molecule has 0 aliphatic carbocycles. The predicted octanol–water partition coefficient (Wildman–Crippen LogP) is 5.00. The molecule has 33 heavy (non-hydrogen) atoms. The summed E-state index contributed by atoms with van der Waals surface area (Å²) >= 11 is 3.45. The highest BCUT2D eigenvalue weighted by molar-refractivity contribution is 9.18. The smallest absolute Gasteiger partial charge is 0.308 e. The lowest BCUT2D eigenvalue weighted by Gasteiger charge is -2.38. The number of benzene rings is 2. The number of carbonyl (C=O) groups is 1. The van der Waals surface area contributed by atoms with Crippen LogP contribution < -0.4 is 4.90 Å². The van der Waals surface area contributed by atoms with Crippen molar-refractivity contribution in [2.45, 2.75) is 26.1 Å². The minimum atomic E-state index is -4.42. The molecule has 0 spiro atoms. The Morgan fingerprint density at radius 2 is 1.91 bits per heavy atom. The van der Waals surface area contributed by atoms with Crippen molar-refractivity contribution in [1.29, 1.82) is 0 Å². The molecule has 1 aromatic heterocycles. The van der Waals surface area contributed by atoms with Crippen molar-refractivity contribution < 1.29 is 18.0 Å². The molecule has 0 bridgehead atoms. The molecular weight excluding hydrogens is 499 g/mol. The number of hydrogen-bond acceptors (Lipinski definition) is 5. The lowest BCUT2D eigenvalue weighted by molar-refractivity contribution is -0.137. The van der Waals surface area contributed by atoms with Crippen LogP contribution in [0.2, 0.25) is 0 Å². The molecule has 170 valence electrons. The Labute approximate surface area is 196 Å². The minimum Gasteiger partial charge on any atom is -0.308 e. The summed E-state index contributed by atoms with van der Waals surface area (Å²) in [5.41, 5.74) is 2.13. The highest BCUT2D eigenvalue weighted by atomic mass is 79.9. The van der Waals surface area contributed by atoms with Gasteiger partial charge in [-0.25, -0.2) is 9.97 Å². The molecular formula is C23H19BrF3N5O. The first kappa shape index (κ1) is 21.8. The second-order valence-corrected chi connectivity index (χ2v) is 9.09. The lowest BCUT2D eigenvalue weighted by atomic mass is 9.99. The standard InChI is InChI=1S/C23H19BrF3N5O/c1-12-9-14(21-28-11-15-10-16(23(25,26)27)4-5-17(15)29-21)3-6-18(12)31-7-8-32-19(22(31)33)13(2)20(24)30-32/h3-6,9-11,13,19H,7-8H2,1-2H3. The molecule has 10 heteroatoms. The van der Waals surface area contributed by atoms with E-state index in [-0.39, 0.29) is 17.9 Å². The summed E-state index contributed by atoms with van der Waals surface area (Å²) in [5.74, 6) is 0.406. The van der Waals surface area contributed by atoms with Crippen LogP contribution in [-0.2, 0) is 11.0 Å². The van der Waals surface area contributed by atoms with Crippen LogP contribution in [-0.4, -0.2) is 44.6 Å². The molecule has 6 nitrogen and oxygen atoms in total. The first-order valence-corrected chi connectivity index (χ1v) is 11.2. The molecule has 1 fully saturated rings. The van der Waals surface area contributed by atoms with Gasteiger partial charge >= 0.3 is 6.18 Å². The third-order valence-corrected chi connectivity index (χ3v) is 7.00. The van der Waals surface area contributed by atoms with E-state index >= 15 is 0 Å². The Morgan fingerprint density at radius 1 is 1.12 bits per heavy atom. The topological polar surface area (TPSA) is 61.7 Å². The van der Waals surface area contributed by atoms with Gasteiger partial charge in [0.15, 0.2) is 5.82 Å². The van der Waals surface area contributed by atoms with Crippen molar-refractivity contribution in [2.75, 3.05) is 18.0 Å². The van der Waals surface area contributed by atoms with Crippen LogP contribution in [0.1, 0.15) is 18.1 Å². The van der Waals surface area contributed by atoms with Gasteiger partial charge in [0.1, 0.15) is 10.7 Å². The van der Waals surface area contributed by atoms with Crippen LogP contribution in [0.3, 0.4) is 0 Å².